The molecule has 1 heterocycles. The van der Waals surface area contributed by atoms with E-state index >= 15 is 0 Å². The first-order chi connectivity index (χ1) is 8.70. The summed E-state index contributed by atoms with van der Waals surface area (Å²) in [5, 5.41) is 17.8. The van der Waals surface area contributed by atoms with Gasteiger partial charge < -0.3 is 14.7 Å². The summed E-state index contributed by atoms with van der Waals surface area (Å²) in [6, 6.07) is 7.54. The zero-order chi connectivity index (χ0) is 13.0. The van der Waals surface area contributed by atoms with Crippen LogP contribution in [0.3, 0.4) is 0 Å². The third-order valence-electron chi connectivity index (χ3n) is 2.53. The predicted molar refractivity (Wildman–Crippen MR) is 68.5 cm³/mol. The molecule has 0 amide bonds. The summed E-state index contributed by atoms with van der Waals surface area (Å²) in [6.45, 7) is 0.680. The second-order valence-corrected chi connectivity index (χ2v) is 4.09. The summed E-state index contributed by atoms with van der Waals surface area (Å²) in [5.74, 6) is 0.490. The first kappa shape index (κ1) is 12.7. The molecule has 1 aromatic carbocycles. The molecule has 0 saturated heterocycles. The Labute approximate surface area is 105 Å². The summed E-state index contributed by atoms with van der Waals surface area (Å²) < 4.78 is 4.88. The van der Waals surface area contributed by atoms with Crippen LogP contribution in [0.15, 0.2) is 24.3 Å². The number of anilines is 1. The summed E-state index contributed by atoms with van der Waals surface area (Å²) in [7, 11) is 3.36. The number of likely N-dealkylation sites (N-methyl/N-ethyl adjacent to an activating group) is 1. The molecule has 0 saturated carbocycles. The number of fused-ring (bicyclic) bond motifs is 1. The lowest BCUT2D eigenvalue weighted by Gasteiger charge is -2.19. The smallest absolute Gasteiger partial charge is 0.245 e. The van der Waals surface area contributed by atoms with Crippen molar-refractivity contribution < 1.29 is 9.84 Å². The van der Waals surface area contributed by atoms with E-state index in [0.29, 0.717) is 12.5 Å². The summed E-state index contributed by atoms with van der Waals surface area (Å²) in [6.07, 6.45) is -0.574. The average molecular weight is 248 g/mol. The van der Waals surface area contributed by atoms with E-state index in [1.807, 2.05) is 31.3 Å². The van der Waals surface area contributed by atoms with Gasteiger partial charge in [0.25, 0.3) is 0 Å². The number of aromatic nitrogens is 3. The maximum Gasteiger partial charge on any atom is 0.245 e. The van der Waals surface area contributed by atoms with Crippen LogP contribution in [0.25, 0.3) is 11.0 Å². The van der Waals surface area contributed by atoms with Crippen molar-refractivity contribution in [2.24, 2.45) is 0 Å². The van der Waals surface area contributed by atoms with Gasteiger partial charge in [-0.3, -0.25) is 0 Å². The zero-order valence-corrected chi connectivity index (χ0v) is 10.4. The Morgan fingerprint density at radius 3 is 2.72 bits per heavy atom. The highest BCUT2D eigenvalue weighted by Crippen LogP contribution is 2.11. The molecule has 2 rings (SSSR count). The summed E-state index contributed by atoms with van der Waals surface area (Å²) in [5.41, 5.74) is 1.54. The molecule has 2 aromatic rings. The lowest BCUT2D eigenvalue weighted by Crippen LogP contribution is -2.33. The number of methoxy groups -OCH3 is 1. The average Bonchev–Trinajstić information content (AvgIpc) is 2.38. The van der Waals surface area contributed by atoms with Gasteiger partial charge in [-0.1, -0.05) is 12.1 Å². The van der Waals surface area contributed by atoms with E-state index in [-0.39, 0.29) is 6.61 Å². The van der Waals surface area contributed by atoms with E-state index in [2.05, 4.69) is 15.2 Å². The highest BCUT2D eigenvalue weighted by atomic mass is 16.5. The molecule has 1 unspecified atom stereocenters. The van der Waals surface area contributed by atoms with Crippen molar-refractivity contribution in [1.82, 2.24) is 15.2 Å². The Bertz CT molecular complexity index is 520. The van der Waals surface area contributed by atoms with Crippen LogP contribution in [0.4, 0.5) is 5.95 Å². The van der Waals surface area contributed by atoms with E-state index in [4.69, 9.17) is 4.74 Å². The van der Waals surface area contributed by atoms with Crippen LogP contribution in [0.2, 0.25) is 0 Å². The molecule has 0 aliphatic heterocycles. The lowest BCUT2D eigenvalue weighted by molar-refractivity contribution is 0.0693. The minimum Gasteiger partial charge on any atom is -0.389 e. The minimum atomic E-state index is -0.574. The van der Waals surface area contributed by atoms with Gasteiger partial charge in [0.15, 0.2) is 0 Å². The van der Waals surface area contributed by atoms with E-state index < -0.39 is 6.10 Å². The molecule has 1 N–H and O–H groups in total. The normalized spacial score (nSPS) is 12.6. The first-order valence-electron chi connectivity index (χ1n) is 5.68. The van der Waals surface area contributed by atoms with Gasteiger partial charge in [-0.15, -0.1) is 10.2 Å². The Morgan fingerprint density at radius 1 is 1.28 bits per heavy atom. The topological polar surface area (TPSA) is 71.4 Å². The van der Waals surface area contributed by atoms with Crippen LogP contribution in [-0.2, 0) is 4.74 Å². The van der Waals surface area contributed by atoms with Gasteiger partial charge in [0, 0.05) is 20.7 Å². The molecule has 0 spiro atoms. The van der Waals surface area contributed by atoms with Gasteiger partial charge >= 0.3 is 0 Å². The van der Waals surface area contributed by atoms with Gasteiger partial charge in [-0.25, -0.2) is 4.98 Å². The van der Waals surface area contributed by atoms with Crippen molar-refractivity contribution in [3.63, 3.8) is 0 Å². The Kier molecular flexibility index (Phi) is 4.01. The Hall–Kier alpha value is -1.79. The number of hydrogen-bond donors (Lipinski definition) is 1. The van der Waals surface area contributed by atoms with Crippen LogP contribution in [0.5, 0.6) is 0 Å². The number of benzene rings is 1. The van der Waals surface area contributed by atoms with Gasteiger partial charge in [-0.2, -0.15) is 0 Å². The number of aliphatic hydroxyl groups is 1. The molecule has 1 aromatic heterocycles. The number of para-hydroxylation sites is 1. The molecule has 0 aliphatic carbocycles. The zero-order valence-electron chi connectivity index (χ0n) is 10.4. The van der Waals surface area contributed by atoms with Crippen LogP contribution in [0, 0.1) is 0 Å². The van der Waals surface area contributed by atoms with E-state index in [1.165, 1.54) is 0 Å². The van der Waals surface area contributed by atoms with E-state index in [0.717, 1.165) is 11.0 Å². The first-order valence-corrected chi connectivity index (χ1v) is 5.68. The molecule has 0 radical (unpaired) electrons. The van der Waals surface area contributed by atoms with E-state index in [9.17, 15) is 5.11 Å². The fourth-order valence-corrected chi connectivity index (χ4v) is 1.68. The maximum atomic E-state index is 9.65. The summed E-state index contributed by atoms with van der Waals surface area (Å²) >= 11 is 0. The molecule has 0 bridgehead atoms. The molecule has 96 valence electrons. The minimum absolute atomic E-state index is 0.283. The van der Waals surface area contributed by atoms with Gasteiger partial charge in [0.1, 0.15) is 5.52 Å². The largest absolute Gasteiger partial charge is 0.389 e. The second-order valence-electron chi connectivity index (χ2n) is 4.09. The Balaban J connectivity index is 2.15. The lowest BCUT2D eigenvalue weighted by atomic mass is 10.3. The Morgan fingerprint density at radius 2 is 2.00 bits per heavy atom. The van der Waals surface area contributed by atoms with Crippen molar-refractivity contribution in [1.29, 1.82) is 0 Å². The summed E-state index contributed by atoms with van der Waals surface area (Å²) in [4.78, 5) is 6.14. The number of nitrogens with zero attached hydrogens (tertiary/aromatic N) is 4. The van der Waals surface area contributed by atoms with Crippen molar-refractivity contribution in [2.45, 2.75) is 6.10 Å². The van der Waals surface area contributed by atoms with Crippen molar-refractivity contribution in [3.05, 3.63) is 24.3 Å². The van der Waals surface area contributed by atoms with Crippen LogP contribution >= 0.6 is 0 Å². The fourth-order valence-electron chi connectivity index (χ4n) is 1.68. The number of hydrogen-bond acceptors (Lipinski definition) is 6. The standard InChI is InChI=1S/C12H16N4O2/c1-16(7-9(17)8-18-2)12-13-10-5-3-4-6-11(10)14-15-12/h3-6,9,17H,7-8H2,1-2H3. The van der Waals surface area contributed by atoms with Crippen molar-refractivity contribution in [2.75, 3.05) is 32.2 Å². The van der Waals surface area contributed by atoms with Crippen LogP contribution in [0.1, 0.15) is 0 Å². The van der Waals surface area contributed by atoms with Gasteiger partial charge in [0.2, 0.25) is 5.95 Å². The van der Waals surface area contributed by atoms with Gasteiger partial charge in [0.05, 0.1) is 18.2 Å². The maximum absolute atomic E-state index is 9.65. The van der Waals surface area contributed by atoms with Crippen molar-refractivity contribution in [3.8, 4) is 0 Å². The highest BCUT2D eigenvalue weighted by Gasteiger charge is 2.11. The molecule has 6 heteroatoms. The molecule has 0 fully saturated rings. The van der Waals surface area contributed by atoms with E-state index in [1.54, 1.807) is 12.0 Å². The number of ether oxygens (including phenoxy) is 1. The monoisotopic (exact) mass is 248 g/mol. The fraction of sp³-hybridized carbons (Fsp3) is 0.417. The molecular weight excluding hydrogens is 232 g/mol. The SMILES string of the molecule is COCC(O)CN(C)c1nnc2ccccc2n1. The van der Waals surface area contributed by atoms with Gasteiger partial charge in [-0.05, 0) is 12.1 Å². The van der Waals surface area contributed by atoms with Crippen molar-refractivity contribution >= 4 is 17.0 Å². The molecule has 1 atom stereocenters. The van der Waals surface area contributed by atoms with Crippen LogP contribution < -0.4 is 4.90 Å². The predicted octanol–water partition coefficient (Wildman–Crippen LogP) is 0.468. The second kappa shape index (κ2) is 5.70. The number of aliphatic hydroxyl groups excluding tert-OH is 1. The quantitative estimate of drug-likeness (QED) is 0.829. The third-order valence-corrected chi connectivity index (χ3v) is 2.53. The third kappa shape index (κ3) is 2.91. The highest BCUT2D eigenvalue weighted by molar-refractivity contribution is 5.74. The molecule has 6 nitrogen and oxygen atoms in total. The number of rotatable bonds is 5. The van der Waals surface area contributed by atoms with Crippen LogP contribution in [-0.4, -0.2) is 53.7 Å². The molecular formula is C12H16N4O2. The molecule has 0 aliphatic rings. The molecule has 18 heavy (non-hydrogen) atoms.